The van der Waals surface area contributed by atoms with Crippen LogP contribution in [0.4, 0.5) is 5.95 Å². The topological polar surface area (TPSA) is 50.4 Å². The van der Waals surface area contributed by atoms with Gasteiger partial charge in [-0.25, -0.2) is 4.98 Å². The second-order valence-corrected chi connectivity index (χ2v) is 6.59. The minimum absolute atomic E-state index is 0.317. The van der Waals surface area contributed by atoms with Gasteiger partial charge in [0.15, 0.2) is 0 Å². The fourth-order valence-electron chi connectivity index (χ4n) is 3.51. The number of anilines is 1. The number of nitrogens with zero attached hydrogens (tertiary/aromatic N) is 2. The summed E-state index contributed by atoms with van der Waals surface area (Å²) in [7, 11) is 0. The van der Waals surface area contributed by atoms with Crippen molar-refractivity contribution >= 4 is 17.0 Å². The summed E-state index contributed by atoms with van der Waals surface area (Å²) in [6, 6.07) is 8.19. The van der Waals surface area contributed by atoms with Gasteiger partial charge in [-0.15, -0.1) is 0 Å². The number of benzene rings is 1. The van der Waals surface area contributed by atoms with E-state index in [-0.39, 0.29) is 0 Å². The van der Waals surface area contributed by atoms with E-state index in [9.17, 15) is 0 Å². The van der Waals surface area contributed by atoms with E-state index in [0.717, 1.165) is 62.5 Å². The lowest BCUT2D eigenvalue weighted by Gasteiger charge is -2.33. The largest absolute Gasteiger partial charge is 0.376 e. The zero-order valence-electron chi connectivity index (χ0n) is 13.5. The standard InChI is InChI=1S/C18H25N3O2/c1-2-7-17-16(6-1)19-18(20-17)21-10-8-14(9-11-21)23-13-15-5-3-4-12-22-15/h1-2,6-7,14-15H,3-5,8-13H2,(H,19,20). The van der Waals surface area contributed by atoms with Crippen molar-refractivity contribution in [1.29, 1.82) is 0 Å². The molecule has 0 saturated carbocycles. The number of hydrogen-bond acceptors (Lipinski definition) is 4. The van der Waals surface area contributed by atoms with Crippen LogP contribution in [-0.2, 0) is 9.47 Å². The molecule has 5 nitrogen and oxygen atoms in total. The first kappa shape index (κ1) is 15.0. The number of hydrogen-bond donors (Lipinski definition) is 1. The van der Waals surface area contributed by atoms with Crippen molar-refractivity contribution in [2.45, 2.75) is 44.3 Å². The molecule has 0 aliphatic carbocycles. The van der Waals surface area contributed by atoms with Crippen LogP contribution >= 0.6 is 0 Å². The summed E-state index contributed by atoms with van der Waals surface area (Å²) in [6.07, 6.45) is 6.43. The second-order valence-electron chi connectivity index (χ2n) is 6.59. The van der Waals surface area contributed by atoms with E-state index in [0.29, 0.717) is 12.2 Å². The monoisotopic (exact) mass is 315 g/mol. The lowest BCUT2D eigenvalue weighted by molar-refractivity contribution is -0.0672. The molecule has 2 saturated heterocycles. The minimum Gasteiger partial charge on any atom is -0.376 e. The Balaban J connectivity index is 1.28. The van der Waals surface area contributed by atoms with Crippen molar-refractivity contribution < 1.29 is 9.47 Å². The summed E-state index contributed by atoms with van der Waals surface area (Å²) in [6.45, 7) is 3.65. The first-order valence-electron chi connectivity index (χ1n) is 8.81. The summed E-state index contributed by atoms with van der Waals surface area (Å²) in [5.41, 5.74) is 2.14. The third kappa shape index (κ3) is 3.51. The van der Waals surface area contributed by atoms with Crippen molar-refractivity contribution in [2.24, 2.45) is 0 Å². The Bertz CT molecular complexity index is 595. The smallest absolute Gasteiger partial charge is 0.203 e. The summed E-state index contributed by atoms with van der Waals surface area (Å²) < 4.78 is 11.8. The average molecular weight is 315 g/mol. The molecule has 3 heterocycles. The molecular formula is C18H25N3O2. The Kier molecular flexibility index (Phi) is 4.48. The van der Waals surface area contributed by atoms with Crippen LogP contribution in [0.5, 0.6) is 0 Å². The first-order chi connectivity index (χ1) is 11.4. The summed E-state index contributed by atoms with van der Waals surface area (Å²) in [4.78, 5) is 10.4. The number of fused-ring (bicyclic) bond motifs is 1. The van der Waals surface area contributed by atoms with Gasteiger partial charge in [0.05, 0.1) is 29.8 Å². The van der Waals surface area contributed by atoms with Crippen LogP contribution in [0.3, 0.4) is 0 Å². The summed E-state index contributed by atoms with van der Waals surface area (Å²) in [5.74, 6) is 0.986. The number of aromatic nitrogens is 2. The number of nitrogens with one attached hydrogen (secondary N) is 1. The van der Waals surface area contributed by atoms with Gasteiger partial charge in [-0.3, -0.25) is 0 Å². The molecule has 124 valence electrons. The van der Waals surface area contributed by atoms with Crippen molar-refractivity contribution in [1.82, 2.24) is 9.97 Å². The highest BCUT2D eigenvalue weighted by molar-refractivity contribution is 5.77. The van der Waals surface area contributed by atoms with Crippen molar-refractivity contribution in [2.75, 3.05) is 31.2 Å². The molecule has 2 aromatic rings. The van der Waals surface area contributed by atoms with Crippen LogP contribution in [0.15, 0.2) is 24.3 Å². The Labute approximate surface area is 137 Å². The molecule has 0 radical (unpaired) electrons. The van der Waals surface area contributed by atoms with Gasteiger partial charge in [-0.1, -0.05) is 12.1 Å². The lowest BCUT2D eigenvalue weighted by Crippen LogP contribution is -2.39. The van der Waals surface area contributed by atoms with E-state index in [1.807, 2.05) is 12.1 Å². The van der Waals surface area contributed by atoms with Gasteiger partial charge in [0.1, 0.15) is 0 Å². The van der Waals surface area contributed by atoms with Crippen LogP contribution in [0.2, 0.25) is 0 Å². The molecule has 1 unspecified atom stereocenters. The van der Waals surface area contributed by atoms with E-state index in [2.05, 4.69) is 22.0 Å². The molecular weight excluding hydrogens is 290 g/mol. The highest BCUT2D eigenvalue weighted by atomic mass is 16.5. The molecule has 1 N–H and O–H groups in total. The average Bonchev–Trinajstić information content (AvgIpc) is 3.05. The Morgan fingerprint density at radius 2 is 2.04 bits per heavy atom. The lowest BCUT2D eigenvalue weighted by atomic mass is 10.1. The highest BCUT2D eigenvalue weighted by Gasteiger charge is 2.23. The number of rotatable bonds is 4. The Morgan fingerprint density at radius 1 is 1.17 bits per heavy atom. The molecule has 1 aromatic heterocycles. The number of H-pyrrole nitrogens is 1. The van der Waals surface area contributed by atoms with Crippen molar-refractivity contribution in [3.63, 3.8) is 0 Å². The number of para-hydroxylation sites is 2. The maximum Gasteiger partial charge on any atom is 0.203 e. The number of piperidine rings is 1. The SMILES string of the molecule is c1ccc2[nH]c(N3CCC(OCC4CCCCO4)CC3)nc2c1. The fraction of sp³-hybridized carbons (Fsp3) is 0.611. The normalized spacial score (nSPS) is 23.5. The third-order valence-corrected chi connectivity index (χ3v) is 4.91. The fourth-order valence-corrected chi connectivity index (χ4v) is 3.51. The van der Waals surface area contributed by atoms with Crippen LogP contribution in [-0.4, -0.2) is 48.5 Å². The summed E-state index contributed by atoms with van der Waals surface area (Å²) >= 11 is 0. The zero-order valence-corrected chi connectivity index (χ0v) is 13.5. The van der Waals surface area contributed by atoms with E-state index in [1.165, 1.54) is 12.8 Å². The van der Waals surface area contributed by atoms with Gasteiger partial charge < -0.3 is 19.4 Å². The predicted octanol–water partition coefficient (Wildman–Crippen LogP) is 3.12. The van der Waals surface area contributed by atoms with Crippen LogP contribution in [0.25, 0.3) is 11.0 Å². The van der Waals surface area contributed by atoms with E-state index in [4.69, 9.17) is 14.5 Å². The molecule has 2 aliphatic heterocycles. The Hall–Kier alpha value is -1.59. The minimum atomic E-state index is 0.317. The van der Waals surface area contributed by atoms with Crippen LogP contribution < -0.4 is 4.90 Å². The molecule has 4 rings (SSSR count). The first-order valence-corrected chi connectivity index (χ1v) is 8.81. The molecule has 2 fully saturated rings. The summed E-state index contributed by atoms with van der Waals surface area (Å²) in [5, 5.41) is 0. The number of imidazole rings is 1. The van der Waals surface area contributed by atoms with Crippen molar-refractivity contribution in [3.8, 4) is 0 Å². The van der Waals surface area contributed by atoms with Gasteiger partial charge in [-0.05, 0) is 44.2 Å². The van der Waals surface area contributed by atoms with Gasteiger partial charge in [0, 0.05) is 19.7 Å². The van der Waals surface area contributed by atoms with Crippen LogP contribution in [0.1, 0.15) is 32.1 Å². The van der Waals surface area contributed by atoms with Gasteiger partial charge in [0.2, 0.25) is 5.95 Å². The number of aromatic amines is 1. The maximum absolute atomic E-state index is 6.08. The Morgan fingerprint density at radius 3 is 2.83 bits per heavy atom. The predicted molar refractivity (Wildman–Crippen MR) is 90.9 cm³/mol. The zero-order chi connectivity index (χ0) is 15.5. The van der Waals surface area contributed by atoms with Gasteiger partial charge in [0.25, 0.3) is 0 Å². The quantitative estimate of drug-likeness (QED) is 0.942. The molecule has 0 bridgehead atoms. The molecule has 1 aromatic carbocycles. The molecule has 0 amide bonds. The van der Waals surface area contributed by atoms with Crippen molar-refractivity contribution in [3.05, 3.63) is 24.3 Å². The molecule has 1 atom stereocenters. The molecule has 0 spiro atoms. The number of ether oxygens (including phenoxy) is 2. The molecule has 23 heavy (non-hydrogen) atoms. The van der Waals surface area contributed by atoms with Gasteiger partial charge in [-0.2, -0.15) is 0 Å². The van der Waals surface area contributed by atoms with E-state index < -0.39 is 0 Å². The molecule has 5 heteroatoms. The molecule has 2 aliphatic rings. The second kappa shape index (κ2) is 6.89. The van der Waals surface area contributed by atoms with E-state index >= 15 is 0 Å². The van der Waals surface area contributed by atoms with E-state index in [1.54, 1.807) is 0 Å². The maximum atomic E-state index is 6.08. The third-order valence-electron chi connectivity index (χ3n) is 4.91. The van der Waals surface area contributed by atoms with Crippen LogP contribution in [0, 0.1) is 0 Å². The van der Waals surface area contributed by atoms with Gasteiger partial charge >= 0.3 is 0 Å². The highest BCUT2D eigenvalue weighted by Crippen LogP contribution is 2.22.